The van der Waals surface area contributed by atoms with Gasteiger partial charge in [-0.05, 0) is 37.0 Å². The summed E-state index contributed by atoms with van der Waals surface area (Å²) in [5, 5.41) is 6.49. The molecule has 4 rings (SSSR count). The molecule has 2 N–H and O–H groups in total. The van der Waals surface area contributed by atoms with E-state index in [-0.39, 0.29) is 18.4 Å². The Bertz CT molecular complexity index is 547. The first-order valence-corrected chi connectivity index (χ1v) is 10.7. The largest absolute Gasteiger partial charge is 0.321 e. The van der Waals surface area contributed by atoms with Gasteiger partial charge in [0, 0.05) is 30.9 Å². The average Bonchev–Trinajstić information content (AvgIpc) is 2.65. The van der Waals surface area contributed by atoms with Gasteiger partial charge in [0.2, 0.25) is 0 Å². The molecule has 3 saturated heterocycles. The third-order valence-electron chi connectivity index (χ3n) is 5.73. The molecular formula is C22H36ClN3O. The average molecular weight is 394 g/mol. The van der Waals surface area contributed by atoms with E-state index in [1.54, 1.807) is 0 Å². The number of unbranched alkanes of at least 4 members (excludes halogenated alkanes) is 7. The molecule has 2 amide bonds. The van der Waals surface area contributed by atoms with Crippen molar-refractivity contribution in [3.8, 4) is 0 Å². The van der Waals surface area contributed by atoms with Crippen LogP contribution in [0, 0.1) is 0 Å². The fourth-order valence-electron chi connectivity index (χ4n) is 4.10. The van der Waals surface area contributed by atoms with Crippen LogP contribution in [0.5, 0.6) is 0 Å². The zero-order chi connectivity index (χ0) is 18.2. The predicted octanol–water partition coefficient (Wildman–Crippen LogP) is 5.37. The lowest BCUT2D eigenvalue weighted by atomic mass is 9.92. The number of amides is 2. The Labute approximate surface area is 170 Å². The van der Waals surface area contributed by atoms with Gasteiger partial charge in [0.25, 0.3) is 0 Å². The molecule has 3 heterocycles. The second-order valence-electron chi connectivity index (χ2n) is 8.05. The van der Waals surface area contributed by atoms with Crippen LogP contribution >= 0.6 is 12.4 Å². The van der Waals surface area contributed by atoms with Crippen molar-refractivity contribution in [1.82, 2.24) is 10.2 Å². The quantitative estimate of drug-likeness (QED) is 0.525. The van der Waals surface area contributed by atoms with Crippen LogP contribution in [0.4, 0.5) is 10.5 Å². The highest BCUT2D eigenvalue weighted by molar-refractivity contribution is 5.89. The van der Waals surface area contributed by atoms with Crippen LogP contribution in [0.25, 0.3) is 0 Å². The van der Waals surface area contributed by atoms with E-state index in [0.29, 0.717) is 12.1 Å². The summed E-state index contributed by atoms with van der Waals surface area (Å²) in [6, 6.07) is 9.46. The van der Waals surface area contributed by atoms with Crippen LogP contribution in [0.15, 0.2) is 24.3 Å². The van der Waals surface area contributed by atoms with E-state index >= 15 is 0 Å². The first kappa shape index (κ1) is 22.0. The Morgan fingerprint density at radius 1 is 1.00 bits per heavy atom. The lowest BCUT2D eigenvalue weighted by molar-refractivity contribution is 0.102. The Morgan fingerprint density at radius 3 is 2.15 bits per heavy atom. The zero-order valence-corrected chi connectivity index (χ0v) is 17.5. The molecule has 3 fully saturated rings. The molecule has 27 heavy (non-hydrogen) atoms. The minimum absolute atomic E-state index is 0. The number of hydrogen-bond acceptors (Lipinski definition) is 2. The van der Waals surface area contributed by atoms with E-state index in [4.69, 9.17) is 0 Å². The summed E-state index contributed by atoms with van der Waals surface area (Å²) in [5.74, 6) is 0. The molecule has 2 unspecified atom stereocenters. The lowest BCUT2D eigenvalue weighted by Crippen LogP contribution is -2.68. The van der Waals surface area contributed by atoms with E-state index < -0.39 is 0 Å². The molecule has 1 aromatic rings. The lowest BCUT2D eigenvalue weighted by Gasteiger charge is -2.48. The first-order valence-electron chi connectivity index (χ1n) is 10.7. The van der Waals surface area contributed by atoms with Gasteiger partial charge in [-0.15, -0.1) is 12.4 Å². The highest BCUT2D eigenvalue weighted by Crippen LogP contribution is 2.22. The van der Waals surface area contributed by atoms with Gasteiger partial charge < -0.3 is 15.5 Å². The fourth-order valence-corrected chi connectivity index (χ4v) is 4.10. The van der Waals surface area contributed by atoms with Crippen molar-refractivity contribution >= 4 is 24.1 Å². The van der Waals surface area contributed by atoms with Gasteiger partial charge in [-0.1, -0.05) is 64.0 Å². The maximum Gasteiger partial charge on any atom is 0.321 e. The minimum Gasteiger partial charge on any atom is -0.321 e. The van der Waals surface area contributed by atoms with Gasteiger partial charge in [0.05, 0.1) is 0 Å². The highest BCUT2D eigenvalue weighted by Gasteiger charge is 2.38. The van der Waals surface area contributed by atoms with Gasteiger partial charge in [0.15, 0.2) is 0 Å². The Balaban J connectivity index is 0.00000261. The zero-order valence-electron chi connectivity index (χ0n) is 16.7. The standard InChI is InChI=1S/C22H35N3O.ClH/c1-2-3-4-5-6-7-8-9-10-18-11-13-19(14-12-18)24-22(26)25-16-20-15-21(17-25)23-20;/h11-14,20-21,23H,2-10,15-17H2,1H3,(H,24,26);1H. The van der Waals surface area contributed by atoms with Crippen LogP contribution in [0.2, 0.25) is 0 Å². The summed E-state index contributed by atoms with van der Waals surface area (Å²) < 4.78 is 0. The predicted molar refractivity (Wildman–Crippen MR) is 116 cm³/mol. The molecule has 0 aromatic heterocycles. The number of anilines is 1. The van der Waals surface area contributed by atoms with E-state index in [9.17, 15) is 4.79 Å². The molecule has 0 aliphatic carbocycles. The Morgan fingerprint density at radius 2 is 1.56 bits per heavy atom. The van der Waals surface area contributed by atoms with E-state index in [0.717, 1.165) is 25.2 Å². The number of rotatable bonds is 10. The SMILES string of the molecule is CCCCCCCCCCc1ccc(NC(=O)N2CC3CC(C2)N3)cc1.Cl. The third-order valence-corrected chi connectivity index (χ3v) is 5.73. The summed E-state index contributed by atoms with van der Waals surface area (Å²) in [5.41, 5.74) is 2.28. The maximum atomic E-state index is 12.3. The summed E-state index contributed by atoms with van der Waals surface area (Å²) in [6.45, 7) is 3.93. The van der Waals surface area contributed by atoms with Crippen molar-refractivity contribution in [2.75, 3.05) is 18.4 Å². The fraction of sp³-hybridized carbons (Fsp3) is 0.682. The van der Waals surface area contributed by atoms with Crippen molar-refractivity contribution in [2.24, 2.45) is 0 Å². The Hall–Kier alpha value is -1.26. The molecule has 4 nitrogen and oxygen atoms in total. The van der Waals surface area contributed by atoms with Gasteiger partial charge in [0.1, 0.15) is 0 Å². The number of fused-ring (bicyclic) bond motifs is 2. The molecule has 0 radical (unpaired) electrons. The van der Waals surface area contributed by atoms with Crippen molar-refractivity contribution in [3.63, 3.8) is 0 Å². The molecule has 0 spiro atoms. The second kappa shape index (κ2) is 11.6. The number of nitrogens with zero attached hydrogens (tertiary/aromatic N) is 1. The van der Waals surface area contributed by atoms with Crippen molar-refractivity contribution < 1.29 is 4.79 Å². The number of piperidine rings is 1. The molecule has 152 valence electrons. The molecular weight excluding hydrogens is 358 g/mol. The van der Waals surface area contributed by atoms with Crippen LogP contribution in [-0.2, 0) is 6.42 Å². The minimum atomic E-state index is 0. The summed E-state index contributed by atoms with van der Waals surface area (Å²) in [6.07, 6.45) is 13.2. The van der Waals surface area contributed by atoms with Crippen molar-refractivity contribution in [3.05, 3.63) is 29.8 Å². The number of nitrogens with one attached hydrogen (secondary N) is 2. The number of piperazine rings is 1. The highest BCUT2D eigenvalue weighted by atomic mass is 35.5. The number of carbonyl (C=O) groups is 1. The molecule has 1 aromatic carbocycles. The topological polar surface area (TPSA) is 44.4 Å². The monoisotopic (exact) mass is 393 g/mol. The van der Waals surface area contributed by atoms with Gasteiger partial charge >= 0.3 is 6.03 Å². The number of halogens is 1. The number of carbonyl (C=O) groups excluding carboxylic acids is 1. The van der Waals surface area contributed by atoms with Gasteiger partial charge in [-0.25, -0.2) is 4.79 Å². The molecule has 5 heteroatoms. The number of urea groups is 1. The van der Waals surface area contributed by atoms with Crippen LogP contribution < -0.4 is 10.6 Å². The summed E-state index contributed by atoms with van der Waals surface area (Å²) in [4.78, 5) is 14.3. The molecule has 2 bridgehead atoms. The van der Waals surface area contributed by atoms with Gasteiger partial charge in [-0.3, -0.25) is 0 Å². The van der Waals surface area contributed by atoms with E-state index in [2.05, 4.69) is 29.7 Å². The number of benzene rings is 1. The summed E-state index contributed by atoms with van der Waals surface area (Å²) >= 11 is 0. The first-order chi connectivity index (χ1) is 12.7. The Kier molecular flexibility index (Phi) is 9.43. The van der Waals surface area contributed by atoms with Crippen LogP contribution in [0.1, 0.15) is 70.3 Å². The number of aryl methyl sites for hydroxylation is 1. The van der Waals surface area contributed by atoms with Crippen LogP contribution in [0.3, 0.4) is 0 Å². The van der Waals surface area contributed by atoms with E-state index in [1.807, 2.05) is 17.0 Å². The van der Waals surface area contributed by atoms with Gasteiger partial charge in [-0.2, -0.15) is 0 Å². The summed E-state index contributed by atoms with van der Waals surface area (Å²) in [7, 11) is 0. The molecule has 2 atom stereocenters. The van der Waals surface area contributed by atoms with Crippen molar-refractivity contribution in [2.45, 2.75) is 83.2 Å². The van der Waals surface area contributed by atoms with Crippen LogP contribution in [-0.4, -0.2) is 36.1 Å². The molecule has 3 aliphatic rings. The second-order valence-corrected chi connectivity index (χ2v) is 8.05. The molecule has 3 aliphatic heterocycles. The number of hydrogen-bond donors (Lipinski definition) is 2. The smallest absolute Gasteiger partial charge is 0.321 e. The third kappa shape index (κ3) is 7.00. The van der Waals surface area contributed by atoms with E-state index in [1.165, 1.54) is 63.4 Å². The molecule has 0 saturated carbocycles. The normalized spacial score (nSPS) is 20.6. The maximum absolute atomic E-state index is 12.3. The van der Waals surface area contributed by atoms with Crippen molar-refractivity contribution in [1.29, 1.82) is 0 Å².